The summed E-state index contributed by atoms with van der Waals surface area (Å²) in [5.74, 6) is 1.37. The second kappa shape index (κ2) is 9.29. The van der Waals surface area contributed by atoms with Gasteiger partial charge in [0.25, 0.3) is 6.33 Å². The van der Waals surface area contributed by atoms with Gasteiger partial charge in [-0.1, -0.05) is 0 Å². The first kappa shape index (κ1) is 24.1. The minimum atomic E-state index is -6.09. The van der Waals surface area contributed by atoms with Crippen LogP contribution in [0.2, 0.25) is 0 Å². The van der Waals surface area contributed by atoms with E-state index >= 15 is 0 Å². The van der Waals surface area contributed by atoms with E-state index in [-0.39, 0.29) is 0 Å². The molecular formula is C15H24F3N3O6S2. The number of hydrogen-bond donors (Lipinski definition) is 0. The average molecular weight is 464 g/mol. The fourth-order valence-electron chi connectivity index (χ4n) is 3.46. The van der Waals surface area contributed by atoms with Crippen LogP contribution < -0.4 is 4.57 Å². The van der Waals surface area contributed by atoms with Gasteiger partial charge in [0.1, 0.15) is 12.4 Å². The van der Waals surface area contributed by atoms with Crippen molar-refractivity contribution in [3.63, 3.8) is 0 Å². The van der Waals surface area contributed by atoms with Gasteiger partial charge < -0.3 is 9.29 Å². The first-order valence-electron chi connectivity index (χ1n) is 8.96. The Labute approximate surface area is 168 Å². The number of halogens is 3. The van der Waals surface area contributed by atoms with E-state index in [1.165, 1.54) is 3.97 Å². The van der Waals surface area contributed by atoms with E-state index < -0.39 is 25.8 Å². The van der Waals surface area contributed by atoms with Crippen molar-refractivity contribution < 1.29 is 43.9 Å². The Bertz CT molecular complexity index is 871. The molecule has 2 fully saturated rings. The molecule has 29 heavy (non-hydrogen) atoms. The molecule has 0 saturated carbocycles. The van der Waals surface area contributed by atoms with Crippen LogP contribution in [-0.2, 0) is 32.1 Å². The first-order chi connectivity index (χ1) is 13.3. The Morgan fingerprint density at radius 1 is 1.03 bits per heavy atom. The lowest BCUT2D eigenvalue weighted by atomic mass is 9.80. The fraction of sp³-hybridized carbons (Fsp3) is 0.800. The summed E-state index contributed by atoms with van der Waals surface area (Å²) in [5, 5.41) is 0. The van der Waals surface area contributed by atoms with Crippen LogP contribution in [-0.4, -0.2) is 61.5 Å². The summed E-state index contributed by atoms with van der Waals surface area (Å²) in [6.07, 6.45) is 9.14. The number of ether oxygens (including phenoxy) is 1. The van der Waals surface area contributed by atoms with Gasteiger partial charge in [0.05, 0.1) is 7.05 Å². The number of alkyl halides is 3. The molecule has 168 valence electrons. The molecule has 1 aromatic heterocycles. The van der Waals surface area contributed by atoms with E-state index in [1.807, 2.05) is 7.05 Å². The molecule has 0 bridgehead atoms. The molecule has 1 aromatic rings. The van der Waals surface area contributed by atoms with Crippen molar-refractivity contribution in [2.75, 3.05) is 26.3 Å². The van der Waals surface area contributed by atoms with Crippen LogP contribution in [0.4, 0.5) is 13.2 Å². The minimum absolute atomic E-state index is 0.631. The number of nitrogens with zero attached hydrogens (tertiary/aromatic N) is 3. The van der Waals surface area contributed by atoms with E-state index in [9.17, 15) is 21.6 Å². The molecule has 0 aliphatic carbocycles. The van der Waals surface area contributed by atoms with Crippen molar-refractivity contribution in [1.29, 1.82) is 0 Å². The molecule has 3 rings (SSSR count). The lowest BCUT2D eigenvalue weighted by Gasteiger charge is -2.36. The number of piperidine rings is 1. The second-order valence-electron chi connectivity index (χ2n) is 7.00. The largest absolute Gasteiger partial charge is 0.741 e. The van der Waals surface area contributed by atoms with Gasteiger partial charge in [0, 0.05) is 26.3 Å². The van der Waals surface area contributed by atoms with Crippen LogP contribution in [0.1, 0.15) is 25.7 Å². The lowest BCUT2D eigenvalue weighted by molar-refractivity contribution is -0.670. The molecule has 0 spiro atoms. The molecule has 0 atom stereocenters. The second-order valence-corrected chi connectivity index (χ2v) is 10.2. The highest BCUT2D eigenvalue weighted by Crippen LogP contribution is 2.32. The Morgan fingerprint density at radius 2 is 1.52 bits per heavy atom. The maximum atomic E-state index is 12.5. The number of rotatable bonds is 3. The van der Waals surface area contributed by atoms with E-state index in [4.69, 9.17) is 17.7 Å². The highest BCUT2D eigenvalue weighted by molar-refractivity contribution is 7.87. The quantitative estimate of drug-likeness (QED) is 0.369. The van der Waals surface area contributed by atoms with Crippen LogP contribution in [0.5, 0.6) is 0 Å². The summed E-state index contributed by atoms with van der Waals surface area (Å²) in [6.45, 7) is 2.99. The van der Waals surface area contributed by atoms with E-state index in [2.05, 4.69) is 0 Å². The standard InChI is InChI=1S/C14H24N3O3S.CHF3O3S/c1-15-8-9-17(12-15)21(18,19)16-6-2-13(3-7-16)14-4-10-20-11-5-14;2-1(3,4)8(5,6)7/h8-9,12-14H,2-7,10-11H2,1H3;(H,5,6,7)/q+1;/p-1. The molecule has 0 N–H and O–H groups in total. The molecule has 0 unspecified atom stereocenters. The van der Waals surface area contributed by atoms with E-state index in [0.29, 0.717) is 24.9 Å². The molecule has 0 aromatic carbocycles. The fourth-order valence-corrected chi connectivity index (χ4v) is 4.88. The third-order valence-corrected chi connectivity index (χ3v) is 7.39. The zero-order valence-electron chi connectivity index (χ0n) is 15.8. The van der Waals surface area contributed by atoms with Gasteiger partial charge in [-0.05, 0) is 37.5 Å². The van der Waals surface area contributed by atoms with Crippen molar-refractivity contribution in [1.82, 2.24) is 8.28 Å². The van der Waals surface area contributed by atoms with Gasteiger partial charge in [0.15, 0.2) is 10.1 Å². The van der Waals surface area contributed by atoms with Gasteiger partial charge in [-0.2, -0.15) is 25.9 Å². The summed E-state index contributed by atoms with van der Waals surface area (Å²) in [4.78, 5) is 0. The minimum Gasteiger partial charge on any atom is -0.741 e. The summed E-state index contributed by atoms with van der Waals surface area (Å²) in [5.41, 5.74) is -5.65. The molecule has 14 heteroatoms. The van der Waals surface area contributed by atoms with Gasteiger partial charge in [0.2, 0.25) is 0 Å². The van der Waals surface area contributed by atoms with Crippen LogP contribution in [0.3, 0.4) is 0 Å². The molecule has 0 radical (unpaired) electrons. The molecular weight excluding hydrogens is 439 g/mol. The van der Waals surface area contributed by atoms with Gasteiger partial charge >= 0.3 is 15.7 Å². The van der Waals surface area contributed by atoms with Crippen molar-refractivity contribution >= 4 is 20.3 Å². The Morgan fingerprint density at radius 3 is 1.93 bits per heavy atom. The highest BCUT2D eigenvalue weighted by Gasteiger charge is 2.37. The van der Waals surface area contributed by atoms with Crippen molar-refractivity contribution in [3.8, 4) is 0 Å². The zero-order valence-corrected chi connectivity index (χ0v) is 17.4. The van der Waals surface area contributed by atoms with Gasteiger partial charge in [-0.3, -0.25) is 0 Å². The first-order valence-corrected chi connectivity index (χ1v) is 11.8. The average Bonchev–Trinajstić information content (AvgIpc) is 3.09. The Kier molecular flexibility index (Phi) is 7.70. The summed E-state index contributed by atoms with van der Waals surface area (Å²) < 4.78 is 94.1. The molecule has 2 saturated heterocycles. The number of imidazole rings is 1. The predicted octanol–water partition coefficient (Wildman–Crippen LogP) is 0.595. The zero-order chi connectivity index (χ0) is 21.9. The molecule has 2 aliphatic rings. The SMILES string of the molecule is C[n+]1ccn(S(=O)(=O)N2CCC(C3CCOCC3)CC2)c1.O=S(=O)([O-])C(F)(F)F. The molecule has 9 nitrogen and oxygen atoms in total. The lowest BCUT2D eigenvalue weighted by Crippen LogP contribution is -2.43. The number of hydrogen-bond acceptors (Lipinski definition) is 6. The monoisotopic (exact) mass is 463 g/mol. The van der Waals surface area contributed by atoms with Crippen molar-refractivity contribution in [2.24, 2.45) is 18.9 Å². The maximum Gasteiger partial charge on any atom is 0.485 e. The summed E-state index contributed by atoms with van der Waals surface area (Å²) in [7, 11) is -7.66. The third-order valence-electron chi connectivity index (χ3n) is 5.05. The molecule has 2 aliphatic heterocycles. The topological polar surface area (TPSA) is 113 Å². The van der Waals surface area contributed by atoms with Crippen molar-refractivity contribution in [3.05, 3.63) is 18.7 Å². The normalized spacial score (nSPS) is 20.9. The number of aromatic nitrogens is 2. The van der Waals surface area contributed by atoms with Crippen LogP contribution in [0, 0.1) is 11.8 Å². The Hall–Kier alpha value is -1.22. The molecule has 3 heterocycles. The maximum absolute atomic E-state index is 12.5. The smallest absolute Gasteiger partial charge is 0.485 e. The summed E-state index contributed by atoms with van der Waals surface area (Å²) in [6, 6.07) is 0. The third kappa shape index (κ3) is 6.38. The van der Waals surface area contributed by atoms with Crippen LogP contribution >= 0.6 is 0 Å². The van der Waals surface area contributed by atoms with E-state index in [0.717, 1.165) is 38.9 Å². The predicted molar refractivity (Wildman–Crippen MR) is 93.5 cm³/mol. The van der Waals surface area contributed by atoms with E-state index in [1.54, 1.807) is 27.6 Å². The number of aryl methyl sites for hydroxylation is 1. The highest BCUT2D eigenvalue weighted by atomic mass is 32.2. The van der Waals surface area contributed by atoms with Gasteiger partial charge in [-0.25, -0.2) is 13.0 Å². The van der Waals surface area contributed by atoms with Crippen molar-refractivity contribution in [2.45, 2.75) is 31.2 Å². The molecule has 0 amide bonds. The van der Waals surface area contributed by atoms with Gasteiger partial charge in [-0.15, -0.1) is 3.97 Å². The summed E-state index contributed by atoms with van der Waals surface area (Å²) >= 11 is 0. The van der Waals surface area contributed by atoms with Crippen LogP contribution in [0.25, 0.3) is 0 Å². The Balaban J connectivity index is 0.000000321. The van der Waals surface area contributed by atoms with Crippen LogP contribution in [0.15, 0.2) is 18.7 Å².